The first-order valence-corrected chi connectivity index (χ1v) is 7.49. The summed E-state index contributed by atoms with van der Waals surface area (Å²) in [4.78, 5) is 2.39. The maximum atomic E-state index is 2.39. The van der Waals surface area contributed by atoms with E-state index in [-0.39, 0.29) is 0 Å². The average Bonchev–Trinajstić information content (AvgIpc) is 2.46. The van der Waals surface area contributed by atoms with Crippen molar-refractivity contribution in [1.29, 1.82) is 0 Å². The van der Waals surface area contributed by atoms with Crippen LogP contribution < -0.4 is 0 Å². The van der Waals surface area contributed by atoms with Crippen molar-refractivity contribution in [3.05, 3.63) is 35.9 Å². The van der Waals surface area contributed by atoms with E-state index in [1.165, 1.54) is 37.9 Å². The Morgan fingerprint density at radius 3 is 1.44 bits per heavy atom. The zero-order valence-corrected chi connectivity index (χ0v) is 13.4. The Kier molecular flexibility index (Phi) is 17.5. The fourth-order valence-corrected chi connectivity index (χ4v) is 1.59. The molecule has 1 heterocycles. The second kappa shape index (κ2) is 16.2. The molecule has 0 spiro atoms. The molecule has 1 fully saturated rings. The van der Waals surface area contributed by atoms with Crippen molar-refractivity contribution in [2.75, 3.05) is 20.1 Å². The van der Waals surface area contributed by atoms with Gasteiger partial charge in [0.15, 0.2) is 0 Å². The molecule has 0 N–H and O–H groups in total. The van der Waals surface area contributed by atoms with Crippen molar-refractivity contribution >= 4 is 0 Å². The molecule has 0 aromatic heterocycles. The Morgan fingerprint density at radius 1 is 0.778 bits per heavy atom. The first kappa shape index (κ1) is 19.5. The predicted molar refractivity (Wildman–Crippen MR) is 85.2 cm³/mol. The third kappa shape index (κ3) is 13.2. The fraction of sp³-hybridized carbons (Fsp3) is 0.647. The average molecular weight is 251 g/mol. The van der Waals surface area contributed by atoms with E-state index in [0.717, 1.165) is 0 Å². The van der Waals surface area contributed by atoms with Crippen LogP contribution in [0.1, 0.15) is 52.5 Å². The molecule has 2 rings (SSSR count). The molecule has 1 aliphatic rings. The van der Waals surface area contributed by atoms with Crippen molar-refractivity contribution in [1.82, 2.24) is 4.90 Å². The highest BCUT2D eigenvalue weighted by molar-refractivity contribution is 5.11. The van der Waals surface area contributed by atoms with Gasteiger partial charge in [-0.05, 0) is 39.9 Å². The Balaban J connectivity index is 0. The number of rotatable bonds is 0. The van der Waals surface area contributed by atoms with Gasteiger partial charge in [-0.1, -0.05) is 70.0 Å². The first-order chi connectivity index (χ1) is 8.79. The molecule has 0 atom stereocenters. The van der Waals surface area contributed by atoms with Gasteiger partial charge in [-0.25, -0.2) is 0 Å². The minimum Gasteiger partial charge on any atom is -0.306 e. The molecule has 1 aliphatic heterocycles. The highest BCUT2D eigenvalue weighted by Crippen LogP contribution is 2.04. The third-order valence-electron chi connectivity index (χ3n) is 2.52. The molecule has 0 radical (unpaired) electrons. The molecule has 1 heteroatoms. The monoisotopic (exact) mass is 251 g/mol. The van der Waals surface area contributed by atoms with Crippen LogP contribution in [0.5, 0.6) is 0 Å². The van der Waals surface area contributed by atoms with Crippen molar-refractivity contribution < 1.29 is 0 Å². The summed E-state index contributed by atoms with van der Waals surface area (Å²) < 4.78 is 0. The molecule has 106 valence electrons. The molecule has 1 aromatic carbocycles. The van der Waals surface area contributed by atoms with Gasteiger partial charge in [-0.3, -0.25) is 0 Å². The third-order valence-corrected chi connectivity index (χ3v) is 2.52. The summed E-state index contributed by atoms with van der Waals surface area (Å²) in [5, 5.41) is 0. The largest absolute Gasteiger partial charge is 0.306 e. The Hall–Kier alpha value is -0.820. The van der Waals surface area contributed by atoms with Gasteiger partial charge in [-0.2, -0.15) is 0 Å². The lowest BCUT2D eigenvalue weighted by atomic mass is 10.1. The van der Waals surface area contributed by atoms with E-state index >= 15 is 0 Å². The molecule has 1 saturated heterocycles. The quantitative estimate of drug-likeness (QED) is 0.616. The summed E-state index contributed by atoms with van der Waals surface area (Å²) in [7, 11) is 2.19. The van der Waals surface area contributed by atoms with Crippen molar-refractivity contribution in [3.63, 3.8) is 0 Å². The Bertz CT molecular complexity index is 225. The molecule has 0 amide bonds. The van der Waals surface area contributed by atoms with Crippen LogP contribution in [0, 0.1) is 6.92 Å². The van der Waals surface area contributed by atoms with Crippen LogP contribution in [-0.4, -0.2) is 25.0 Å². The second-order valence-corrected chi connectivity index (χ2v) is 4.02. The Morgan fingerprint density at radius 2 is 1.22 bits per heavy atom. The molecular formula is C17H33N. The highest BCUT2D eigenvalue weighted by Gasteiger charge is 2.02. The zero-order chi connectivity index (χ0) is 14.2. The van der Waals surface area contributed by atoms with Crippen LogP contribution in [0.25, 0.3) is 0 Å². The molecule has 18 heavy (non-hydrogen) atoms. The van der Waals surface area contributed by atoms with Gasteiger partial charge in [-0.15, -0.1) is 0 Å². The maximum Gasteiger partial charge on any atom is -0.00218 e. The smallest absolute Gasteiger partial charge is 0.00218 e. The van der Waals surface area contributed by atoms with Gasteiger partial charge in [0, 0.05) is 0 Å². The summed E-state index contributed by atoms with van der Waals surface area (Å²) in [6, 6.07) is 10.3. The number of likely N-dealkylation sites (tertiary alicyclic amines) is 1. The van der Waals surface area contributed by atoms with Gasteiger partial charge in [0.1, 0.15) is 0 Å². The van der Waals surface area contributed by atoms with Gasteiger partial charge in [0.25, 0.3) is 0 Å². The van der Waals surface area contributed by atoms with Gasteiger partial charge < -0.3 is 4.90 Å². The lowest BCUT2D eigenvalue weighted by molar-refractivity contribution is 0.277. The van der Waals surface area contributed by atoms with Crippen LogP contribution >= 0.6 is 0 Å². The summed E-state index contributed by atoms with van der Waals surface area (Å²) in [5.74, 6) is 0. The van der Waals surface area contributed by atoms with Gasteiger partial charge >= 0.3 is 0 Å². The zero-order valence-electron chi connectivity index (χ0n) is 13.4. The van der Waals surface area contributed by atoms with Crippen molar-refractivity contribution in [3.8, 4) is 0 Å². The van der Waals surface area contributed by atoms with Crippen LogP contribution in [0.4, 0.5) is 0 Å². The van der Waals surface area contributed by atoms with Crippen LogP contribution in [-0.2, 0) is 0 Å². The lowest BCUT2D eigenvalue weighted by Crippen LogP contribution is -2.24. The maximum absolute atomic E-state index is 2.39. The second-order valence-electron chi connectivity index (χ2n) is 4.02. The number of benzene rings is 1. The number of hydrogen-bond acceptors (Lipinski definition) is 1. The van der Waals surface area contributed by atoms with E-state index in [1.807, 2.05) is 45.9 Å². The Labute approximate surface area is 115 Å². The topological polar surface area (TPSA) is 3.24 Å². The summed E-state index contributed by atoms with van der Waals surface area (Å²) in [6.45, 7) is 12.7. The number of aryl methyl sites for hydroxylation is 1. The summed E-state index contributed by atoms with van der Waals surface area (Å²) >= 11 is 0. The normalized spacial score (nSPS) is 13.9. The standard InChI is InChI=1S/C7H8.C6H13N.2C2H6/c2*1-7-5-3-2-4-6-7;2*1-2/h2-6H,1H3;2-6H2,1H3;2*1-2H3. The van der Waals surface area contributed by atoms with Crippen LogP contribution in [0.3, 0.4) is 0 Å². The predicted octanol–water partition coefficient (Wildman–Crippen LogP) is 5.15. The summed E-state index contributed by atoms with van der Waals surface area (Å²) in [6.07, 6.45) is 4.28. The highest BCUT2D eigenvalue weighted by atomic mass is 15.1. The minimum absolute atomic E-state index is 1.32. The van der Waals surface area contributed by atoms with Crippen molar-refractivity contribution in [2.45, 2.75) is 53.9 Å². The van der Waals surface area contributed by atoms with Crippen LogP contribution in [0.2, 0.25) is 0 Å². The van der Waals surface area contributed by atoms with E-state index in [2.05, 4.69) is 31.0 Å². The number of nitrogens with zero attached hydrogens (tertiary/aromatic N) is 1. The fourth-order valence-electron chi connectivity index (χ4n) is 1.59. The van der Waals surface area contributed by atoms with E-state index in [4.69, 9.17) is 0 Å². The van der Waals surface area contributed by atoms with Crippen LogP contribution in [0.15, 0.2) is 30.3 Å². The van der Waals surface area contributed by atoms with Gasteiger partial charge in [0.05, 0.1) is 0 Å². The van der Waals surface area contributed by atoms with Gasteiger partial charge in [0.2, 0.25) is 0 Å². The molecule has 0 unspecified atom stereocenters. The molecule has 0 aliphatic carbocycles. The van der Waals surface area contributed by atoms with E-state index < -0.39 is 0 Å². The molecular weight excluding hydrogens is 218 g/mol. The number of hydrogen-bond donors (Lipinski definition) is 0. The van der Waals surface area contributed by atoms with E-state index in [0.29, 0.717) is 0 Å². The van der Waals surface area contributed by atoms with E-state index in [1.54, 1.807) is 0 Å². The molecule has 0 bridgehead atoms. The van der Waals surface area contributed by atoms with E-state index in [9.17, 15) is 0 Å². The van der Waals surface area contributed by atoms with Crippen molar-refractivity contribution in [2.24, 2.45) is 0 Å². The molecule has 1 aromatic rings. The molecule has 1 nitrogen and oxygen atoms in total. The minimum atomic E-state index is 1.32. The molecule has 0 saturated carbocycles. The number of piperidine rings is 1. The lowest BCUT2D eigenvalue weighted by Gasteiger charge is -2.20. The summed E-state index contributed by atoms with van der Waals surface area (Å²) in [5.41, 5.74) is 1.32. The first-order valence-electron chi connectivity index (χ1n) is 7.49. The SMILES string of the molecule is CC.CC.CN1CCCCC1.Cc1ccccc1.